The third-order valence-corrected chi connectivity index (χ3v) is 2.99. The van der Waals surface area contributed by atoms with Gasteiger partial charge >= 0.3 is 6.18 Å². The maximum Gasteiger partial charge on any atom is 0.401 e. The molecule has 0 amide bonds. The molecule has 1 aliphatic heterocycles. The van der Waals surface area contributed by atoms with E-state index in [0.717, 1.165) is 13.1 Å². The highest BCUT2D eigenvalue weighted by Gasteiger charge is 2.25. The molecule has 0 bridgehead atoms. The van der Waals surface area contributed by atoms with Crippen molar-refractivity contribution in [3.05, 3.63) is 0 Å². The molecule has 6 heteroatoms. The lowest BCUT2D eigenvalue weighted by Gasteiger charge is -2.21. The Labute approximate surface area is 101 Å². The third kappa shape index (κ3) is 7.57. The summed E-state index contributed by atoms with van der Waals surface area (Å²) >= 11 is 0. The molecule has 0 unspecified atom stereocenters. The highest BCUT2D eigenvalue weighted by molar-refractivity contribution is 4.68. The summed E-state index contributed by atoms with van der Waals surface area (Å²) in [5, 5.41) is 2.40. The molecular weight excluding hydrogens is 231 g/mol. The van der Waals surface area contributed by atoms with Crippen LogP contribution in [-0.2, 0) is 0 Å². The maximum absolute atomic E-state index is 11.8. The van der Waals surface area contributed by atoms with Crippen LogP contribution >= 0.6 is 0 Å². The van der Waals surface area contributed by atoms with Crippen molar-refractivity contribution in [3.8, 4) is 0 Å². The Kier molecular flexibility index (Phi) is 6.22. The second-order valence-corrected chi connectivity index (χ2v) is 4.64. The van der Waals surface area contributed by atoms with Crippen molar-refractivity contribution in [2.24, 2.45) is 0 Å². The van der Waals surface area contributed by atoms with Gasteiger partial charge in [-0.1, -0.05) is 0 Å². The minimum Gasteiger partial charge on any atom is -0.307 e. The second kappa shape index (κ2) is 7.18. The number of likely N-dealkylation sites (N-methyl/N-ethyl adjacent to an activating group) is 1. The largest absolute Gasteiger partial charge is 0.401 e. The zero-order chi connectivity index (χ0) is 12.7. The summed E-state index contributed by atoms with van der Waals surface area (Å²) in [4.78, 5) is 4.47. The molecule has 1 saturated heterocycles. The number of nitrogens with one attached hydrogen (secondary N) is 1. The quantitative estimate of drug-likeness (QED) is 0.687. The second-order valence-electron chi connectivity index (χ2n) is 4.64. The van der Waals surface area contributed by atoms with Gasteiger partial charge in [-0.05, 0) is 33.0 Å². The van der Waals surface area contributed by atoms with Crippen molar-refractivity contribution in [1.29, 1.82) is 0 Å². The molecule has 1 fully saturated rings. The van der Waals surface area contributed by atoms with Gasteiger partial charge in [-0.15, -0.1) is 0 Å². The summed E-state index contributed by atoms with van der Waals surface area (Å²) in [6.07, 6.45) is -1.55. The first-order valence-corrected chi connectivity index (χ1v) is 6.16. The number of hydrogen-bond acceptors (Lipinski definition) is 3. The molecule has 0 spiro atoms. The van der Waals surface area contributed by atoms with E-state index >= 15 is 0 Å². The number of halogens is 3. The van der Waals surface area contributed by atoms with Crippen LogP contribution < -0.4 is 5.32 Å². The first-order valence-electron chi connectivity index (χ1n) is 6.16. The lowest BCUT2D eigenvalue weighted by molar-refractivity contribution is -0.124. The minimum absolute atomic E-state index is 0.385. The van der Waals surface area contributed by atoms with Gasteiger partial charge in [0.1, 0.15) is 0 Å². The summed E-state index contributed by atoms with van der Waals surface area (Å²) < 4.78 is 35.5. The topological polar surface area (TPSA) is 18.5 Å². The zero-order valence-electron chi connectivity index (χ0n) is 10.4. The van der Waals surface area contributed by atoms with Crippen molar-refractivity contribution < 1.29 is 13.2 Å². The molecule has 1 N–H and O–H groups in total. The fraction of sp³-hybridized carbons (Fsp3) is 1.00. The van der Waals surface area contributed by atoms with Gasteiger partial charge in [0, 0.05) is 26.2 Å². The monoisotopic (exact) mass is 253 g/mol. The van der Waals surface area contributed by atoms with Crippen molar-refractivity contribution >= 4 is 0 Å². The van der Waals surface area contributed by atoms with Crippen LogP contribution in [0.15, 0.2) is 0 Å². The first kappa shape index (κ1) is 14.7. The van der Waals surface area contributed by atoms with E-state index in [4.69, 9.17) is 0 Å². The van der Waals surface area contributed by atoms with Crippen LogP contribution in [0, 0.1) is 0 Å². The van der Waals surface area contributed by atoms with E-state index < -0.39 is 12.7 Å². The number of hydrogen-bond donors (Lipinski definition) is 1. The van der Waals surface area contributed by atoms with Gasteiger partial charge in [-0.25, -0.2) is 0 Å². The Hall–Kier alpha value is -0.330. The smallest absolute Gasteiger partial charge is 0.307 e. The summed E-state index contributed by atoms with van der Waals surface area (Å²) in [5.41, 5.74) is 0. The summed E-state index contributed by atoms with van der Waals surface area (Å²) in [6, 6.07) is 0. The highest BCUT2D eigenvalue weighted by atomic mass is 19.4. The average molecular weight is 253 g/mol. The molecule has 0 radical (unpaired) electrons. The summed E-state index contributed by atoms with van der Waals surface area (Å²) in [7, 11) is 1.95. The van der Waals surface area contributed by atoms with Crippen LogP contribution in [0.25, 0.3) is 0 Å². The lowest BCUT2D eigenvalue weighted by atomic mass is 10.4. The number of likely N-dealkylation sites (tertiary alicyclic amines) is 1. The van der Waals surface area contributed by atoms with E-state index in [1.807, 2.05) is 7.05 Å². The van der Waals surface area contributed by atoms with Gasteiger partial charge in [0.15, 0.2) is 0 Å². The van der Waals surface area contributed by atoms with Crippen molar-refractivity contribution in [3.63, 3.8) is 0 Å². The van der Waals surface area contributed by atoms with Crippen LogP contribution in [0.2, 0.25) is 0 Å². The molecule has 0 aromatic rings. The van der Waals surface area contributed by atoms with Crippen molar-refractivity contribution in [2.75, 3.05) is 52.9 Å². The van der Waals surface area contributed by atoms with Gasteiger partial charge in [0.2, 0.25) is 0 Å². The van der Waals surface area contributed by atoms with Crippen LogP contribution in [0.4, 0.5) is 13.2 Å². The minimum atomic E-state index is -4.10. The molecular formula is C11H22F3N3. The van der Waals surface area contributed by atoms with Gasteiger partial charge in [0.05, 0.1) is 6.54 Å². The van der Waals surface area contributed by atoms with E-state index in [-0.39, 0.29) is 0 Å². The molecule has 1 aliphatic rings. The van der Waals surface area contributed by atoms with E-state index in [0.29, 0.717) is 13.1 Å². The van der Waals surface area contributed by atoms with Crippen LogP contribution in [0.3, 0.4) is 0 Å². The van der Waals surface area contributed by atoms with E-state index in [2.05, 4.69) is 15.1 Å². The third-order valence-electron chi connectivity index (χ3n) is 2.99. The average Bonchev–Trinajstić information content (AvgIpc) is 2.73. The Balaban J connectivity index is 1.95. The van der Waals surface area contributed by atoms with Crippen molar-refractivity contribution in [1.82, 2.24) is 15.1 Å². The molecule has 1 heterocycles. The maximum atomic E-state index is 11.8. The number of alkyl halides is 3. The zero-order valence-corrected chi connectivity index (χ0v) is 10.4. The molecule has 102 valence electrons. The molecule has 3 nitrogen and oxygen atoms in total. The van der Waals surface area contributed by atoms with E-state index in [1.165, 1.54) is 25.9 Å². The molecule has 0 aromatic heterocycles. The summed E-state index contributed by atoms with van der Waals surface area (Å²) in [6.45, 7) is 4.43. The van der Waals surface area contributed by atoms with Crippen LogP contribution in [0.1, 0.15) is 12.8 Å². The van der Waals surface area contributed by atoms with E-state index in [9.17, 15) is 13.2 Å². The standard InChI is InChI=1S/C11H22F3N3/c1-16(7-4-15-10-11(12,13)14)8-9-17-5-2-3-6-17/h15H,2-10H2,1H3. The first-order chi connectivity index (χ1) is 7.97. The molecule has 17 heavy (non-hydrogen) atoms. The van der Waals surface area contributed by atoms with Gasteiger partial charge in [-0.2, -0.15) is 13.2 Å². The van der Waals surface area contributed by atoms with Gasteiger partial charge < -0.3 is 15.1 Å². The van der Waals surface area contributed by atoms with Gasteiger partial charge in [0.25, 0.3) is 0 Å². The predicted molar refractivity (Wildman–Crippen MR) is 62.1 cm³/mol. The Morgan fingerprint density at radius 2 is 1.82 bits per heavy atom. The fourth-order valence-corrected chi connectivity index (χ4v) is 1.93. The van der Waals surface area contributed by atoms with Crippen molar-refractivity contribution in [2.45, 2.75) is 19.0 Å². The number of rotatable bonds is 7. The van der Waals surface area contributed by atoms with E-state index in [1.54, 1.807) is 0 Å². The SMILES string of the molecule is CN(CCNCC(F)(F)F)CCN1CCCC1. The summed E-state index contributed by atoms with van der Waals surface area (Å²) in [5.74, 6) is 0. The predicted octanol–water partition coefficient (Wildman–Crippen LogP) is 1.17. The van der Waals surface area contributed by atoms with Crippen LogP contribution in [-0.4, -0.2) is 68.8 Å². The molecule has 0 aromatic carbocycles. The Bertz CT molecular complexity index is 203. The molecule has 1 rings (SSSR count). The highest BCUT2D eigenvalue weighted by Crippen LogP contribution is 2.11. The lowest BCUT2D eigenvalue weighted by Crippen LogP contribution is -2.37. The Morgan fingerprint density at radius 1 is 1.18 bits per heavy atom. The molecule has 0 aliphatic carbocycles. The Morgan fingerprint density at radius 3 is 2.41 bits per heavy atom. The van der Waals surface area contributed by atoms with Crippen LogP contribution in [0.5, 0.6) is 0 Å². The normalized spacial score (nSPS) is 18.2. The van der Waals surface area contributed by atoms with Gasteiger partial charge in [-0.3, -0.25) is 0 Å². The number of nitrogens with zero attached hydrogens (tertiary/aromatic N) is 2. The fourth-order valence-electron chi connectivity index (χ4n) is 1.93. The molecule has 0 saturated carbocycles. The molecule has 0 atom stereocenters.